The molecule has 1 atom stereocenters. The number of aryl methyl sites for hydroxylation is 1. The average Bonchev–Trinajstić information content (AvgIpc) is 2.74. The Hall–Kier alpha value is -3.08. The highest BCUT2D eigenvalue weighted by Crippen LogP contribution is 2.27. The van der Waals surface area contributed by atoms with E-state index in [1.807, 2.05) is 36.1 Å². The zero-order valence-corrected chi connectivity index (χ0v) is 17.2. The first-order chi connectivity index (χ1) is 14.6. The summed E-state index contributed by atoms with van der Waals surface area (Å²) in [6, 6.07) is 16.6. The van der Waals surface area contributed by atoms with Crippen LogP contribution in [0, 0.1) is 12.7 Å². The van der Waals surface area contributed by atoms with Crippen LogP contribution in [0.2, 0.25) is 0 Å². The van der Waals surface area contributed by atoms with E-state index in [-0.39, 0.29) is 17.6 Å². The molecule has 2 aromatic heterocycles. The maximum Gasteiger partial charge on any atom is 0.228 e. The minimum Gasteiger partial charge on any atom is -0.342 e. The molecule has 4 rings (SSSR count). The fraction of sp³-hybridized carbons (Fsp3) is 0.320. The standard InChI is InChI=1S/C25H26FN3O/c1-18-12-20(13-19-6-4-8-22(26)14-19)15-24(28-18)21-7-5-11-29(17-21)25(30)16-23-9-2-3-10-27-23/h2-4,6,8-10,12,14-15,21H,5,7,11,13,16-17H2,1H3. The second-order valence-corrected chi connectivity index (χ2v) is 8.03. The third-order valence-electron chi connectivity index (χ3n) is 5.58. The zero-order valence-electron chi connectivity index (χ0n) is 17.2. The molecule has 154 valence electrons. The summed E-state index contributed by atoms with van der Waals surface area (Å²) >= 11 is 0. The number of rotatable bonds is 5. The minimum atomic E-state index is -0.215. The molecule has 1 aliphatic rings. The number of pyridine rings is 2. The van der Waals surface area contributed by atoms with Crippen LogP contribution in [0.25, 0.3) is 0 Å². The Morgan fingerprint density at radius 1 is 1.13 bits per heavy atom. The first kappa shape index (κ1) is 20.2. The number of piperidine rings is 1. The summed E-state index contributed by atoms with van der Waals surface area (Å²) in [6.07, 6.45) is 4.71. The van der Waals surface area contributed by atoms with E-state index in [0.29, 0.717) is 19.4 Å². The van der Waals surface area contributed by atoms with Crippen molar-refractivity contribution in [2.75, 3.05) is 13.1 Å². The van der Waals surface area contributed by atoms with E-state index >= 15 is 0 Å². The molecule has 0 radical (unpaired) electrons. The Kier molecular flexibility index (Phi) is 6.17. The van der Waals surface area contributed by atoms with Crippen molar-refractivity contribution < 1.29 is 9.18 Å². The fourth-order valence-corrected chi connectivity index (χ4v) is 4.18. The Morgan fingerprint density at radius 3 is 2.83 bits per heavy atom. The molecule has 1 aromatic carbocycles. The molecule has 0 saturated carbocycles. The molecule has 1 unspecified atom stereocenters. The minimum absolute atomic E-state index is 0.117. The van der Waals surface area contributed by atoms with E-state index in [0.717, 1.165) is 47.6 Å². The molecule has 3 aromatic rings. The van der Waals surface area contributed by atoms with Gasteiger partial charge in [0.2, 0.25) is 5.91 Å². The maximum atomic E-state index is 13.5. The summed E-state index contributed by atoms with van der Waals surface area (Å²) < 4.78 is 13.5. The van der Waals surface area contributed by atoms with E-state index in [1.54, 1.807) is 18.3 Å². The van der Waals surface area contributed by atoms with Gasteiger partial charge in [-0.05, 0) is 73.7 Å². The lowest BCUT2D eigenvalue weighted by atomic mass is 9.92. The van der Waals surface area contributed by atoms with Gasteiger partial charge in [0, 0.05) is 42.3 Å². The van der Waals surface area contributed by atoms with Crippen molar-refractivity contribution in [1.82, 2.24) is 14.9 Å². The molecule has 0 aliphatic carbocycles. The number of aromatic nitrogens is 2. The third kappa shape index (κ3) is 5.09. The van der Waals surface area contributed by atoms with E-state index in [2.05, 4.69) is 17.1 Å². The Labute approximate surface area is 176 Å². The van der Waals surface area contributed by atoms with Gasteiger partial charge in [0.1, 0.15) is 5.82 Å². The van der Waals surface area contributed by atoms with Gasteiger partial charge >= 0.3 is 0 Å². The van der Waals surface area contributed by atoms with E-state index in [4.69, 9.17) is 4.98 Å². The van der Waals surface area contributed by atoms with Crippen LogP contribution >= 0.6 is 0 Å². The predicted octanol–water partition coefficient (Wildman–Crippen LogP) is 4.46. The van der Waals surface area contributed by atoms with Crippen LogP contribution in [0.5, 0.6) is 0 Å². The largest absolute Gasteiger partial charge is 0.342 e. The number of nitrogens with zero attached hydrogens (tertiary/aromatic N) is 3. The number of carbonyl (C=O) groups is 1. The molecule has 4 nitrogen and oxygen atoms in total. The number of benzene rings is 1. The van der Waals surface area contributed by atoms with Crippen molar-refractivity contribution in [1.29, 1.82) is 0 Å². The van der Waals surface area contributed by atoms with Crippen molar-refractivity contribution in [3.63, 3.8) is 0 Å². The molecule has 3 heterocycles. The molecular weight excluding hydrogens is 377 g/mol. The highest BCUT2D eigenvalue weighted by Gasteiger charge is 2.26. The summed E-state index contributed by atoms with van der Waals surface area (Å²) in [6.45, 7) is 3.46. The fourth-order valence-electron chi connectivity index (χ4n) is 4.18. The number of hydrogen-bond donors (Lipinski definition) is 0. The predicted molar refractivity (Wildman–Crippen MR) is 115 cm³/mol. The van der Waals surface area contributed by atoms with E-state index in [9.17, 15) is 9.18 Å². The SMILES string of the molecule is Cc1cc(Cc2cccc(F)c2)cc(C2CCCN(C(=O)Cc3ccccn3)C2)n1. The molecule has 1 aliphatic heterocycles. The van der Waals surface area contributed by atoms with E-state index < -0.39 is 0 Å². The van der Waals surface area contributed by atoms with Crippen LogP contribution < -0.4 is 0 Å². The first-order valence-corrected chi connectivity index (χ1v) is 10.5. The second-order valence-electron chi connectivity index (χ2n) is 8.03. The molecule has 0 N–H and O–H groups in total. The van der Waals surface area contributed by atoms with Gasteiger partial charge in [-0.3, -0.25) is 14.8 Å². The van der Waals surface area contributed by atoms with Gasteiger partial charge in [-0.15, -0.1) is 0 Å². The maximum absolute atomic E-state index is 13.5. The molecular formula is C25H26FN3O. The first-order valence-electron chi connectivity index (χ1n) is 10.5. The van der Waals surface area contributed by atoms with Crippen molar-refractivity contribution in [2.24, 2.45) is 0 Å². The van der Waals surface area contributed by atoms with Crippen LogP contribution in [-0.4, -0.2) is 33.9 Å². The monoisotopic (exact) mass is 403 g/mol. The molecule has 5 heteroatoms. The van der Waals surface area contributed by atoms with Crippen molar-refractivity contribution in [2.45, 2.75) is 38.5 Å². The molecule has 1 saturated heterocycles. The Morgan fingerprint density at radius 2 is 2.03 bits per heavy atom. The lowest BCUT2D eigenvalue weighted by Crippen LogP contribution is -2.40. The molecule has 30 heavy (non-hydrogen) atoms. The van der Waals surface area contributed by atoms with Crippen LogP contribution in [0.1, 0.15) is 47.0 Å². The number of amides is 1. The smallest absolute Gasteiger partial charge is 0.228 e. The van der Waals surface area contributed by atoms with Gasteiger partial charge in [0.05, 0.1) is 6.42 Å². The molecule has 0 bridgehead atoms. The normalized spacial score (nSPS) is 16.5. The highest BCUT2D eigenvalue weighted by molar-refractivity contribution is 5.78. The molecule has 0 spiro atoms. The van der Waals surface area contributed by atoms with Crippen LogP contribution in [-0.2, 0) is 17.6 Å². The van der Waals surface area contributed by atoms with Crippen LogP contribution in [0.4, 0.5) is 4.39 Å². The summed E-state index contributed by atoms with van der Waals surface area (Å²) in [7, 11) is 0. The Balaban J connectivity index is 1.47. The van der Waals surface area contributed by atoms with Gasteiger partial charge in [0.25, 0.3) is 0 Å². The van der Waals surface area contributed by atoms with Gasteiger partial charge in [-0.25, -0.2) is 4.39 Å². The molecule has 1 amide bonds. The van der Waals surface area contributed by atoms with Crippen molar-refractivity contribution in [3.8, 4) is 0 Å². The van der Waals surface area contributed by atoms with Gasteiger partial charge < -0.3 is 4.90 Å². The van der Waals surface area contributed by atoms with E-state index in [1.165, 1.54) is 6.07 Å². The van der Waals surface area contributed by atoms with Crippen molar-refractivity contribution in [3.05, 3.63) is 94.8 Å². The van der Waals surface area contributed by atoms with Gasteiger partial charge in [0.15, 0.2) is 0 Å². The number of halogens is 1. The third-order valence-corrected chi connectivity index (χ3v) is 5.58. The summed E-state index contributed by atoms with van der Waals surface area (Å²) in [5.41, 5.74) is 4.85. The van der Waals surface area contributed by atoms with Crippen molar-refractivity contribution >= 4 is 5.91 Å². The van der Waals surface area contributed by atoms with Crippen LogP contribution in [0.3, 0.4) is 0 Å². The highest BCUT2D eigenvalue weighted by atomic mass is 19.1. The molecule has 1 fully saturated rings. The average molecular weight is 404 g/mol. The summed E-state index contributed by atoms with van der Waals surface area (Å²) in [5, 5.41) is 0. The number of carbonyl (C=O) groups excluding carboxylic acids is 1. The number of hydrogen-bond acceptors (Lipinski definition) is 3. The number of likely N-dealkylation sites (tertiary alicyclic amines) is 1. The van der Waals surface area contributed by atoms with Gasteiger partial charge in [-0.2, -0.15) is 0 Å². The van der Waals surface area contributed by atoms with Crippen LogP contribution in [0.15, 0.2) is 60.8 Å². The summed E-state index contributed by atoms with van der Waals surface area (Å²) in [5.74, 6) is 0.122. The summed E-state index contributed by atoms with van der Waals surface area (Å²) in [4.78, 5) is 23.8. The lowest BCUT2D eigenvalue weighted by molar-refractivity contribution is -0.131. The Bertz CT molecular complexity index is 1020. The van der Waals surface area contributed by atoms with Gasteiger partial charge in [-0.1, -0.05) is 18.2 Å². The topological polar surface area (TPSA) is 46.1 Å². The second kappa shape index (κ2) is 9.16. The lowest BCUT2D eigenvalue weighted by Gasteiger charge is -2.33. The quantitative estimate of drug-likeness (QED) is 0.632. The zero-order chi connectivity index (χ0) is 20.9.